The zero-order valence-corrected chi connectivity index (χ0v) is 8.07. The SMILES string of the molecule is CNC(=O)c1ccc(C(=O)N=C(N)N)[nH]1. The highest BCUT2D eigenvalue weighted by atomic mass is 16.2. The van der Waals surface area contributed by atoms with Crippen molar-refractivity contribution in [2.24, 2.45) is 16.5 Å². The maximum atomic E-state index is 11.3. The van der Waals surface area contributed by atoms with E-state index in [0.717, 1.165) is 0 Å². The first-order valence-corrected chi connectivity index (χ1v) is 4.09. The summed E-state index contributed by atoms with van der Waals surface area (Å²) in [7, 11) is 1.49. The number of H-pyrrole nitrogens is 1. The topological polar surface area (TPSA) is 126 Å². The van der Waals surface area contributed by atoms with Crippen molar-refractivity contribution in [3.05, 3.63) is 23.5 Å². The van der Waals surface area contributed by atoms with Gasteiger partial charge in [0.1, 0.15) is 11.4 Å². The van der Waals surface area contributed by atoms with Crippen molar-refractivity contribution in [3.8, 4) is 0 Å². The Hall–Kier alpha value is -2.31. The number of carbonyl (C=O) groups excluding carboxylic acids is 2. The van der Waals surface area contributed by atoms with Crippen LogP contribution in [0, 0.1) is 0 Å². The largest absolute Gasteiger partial charge is 0.370 e. The Morgan fingerprint density at radius 1 is 1.33 bits per heavy atom. The number of aromatic nitrogens is 1. The van der Waals surface area contributed by atoms with Gasteiger partial charge in [0.05, 0.1) is 0 Å². The van der Waals surface area contributed by atoms with Gasteiger partial charge in [-0.3, -0.25) is 9.59 Å². The van der Waals surface area contributed by atoms with Crippen LogP contribution in [0.25, 0.3) is 0 Å². The highest BCUT2D eigenvalue weighted by Crippen LogP contribution is 2.03. The van der Waals surface area contributed by atoms with Gasteiger partial charge in [-0.1, -0.05) is 0 Å². The molecule has 0 unspecified atom stereocenters. The molecule has 1 aromatic rings. The lowest BCUT2D eigenvalue weighted by Gasteiger charge is -1.94. The minimum atomic E-state index is -0.620. The molecule has 7 heteroatoms. The Morgan fingerprint density at radius 3 is 2.47 bits per heavy atom. The van der Waals surface area contributed by atoms with Crippen LogP contribution in [0.2, 0.25) is 0 Å². The second-order valence-electron chi connectivity index (χ2n) is 2.71. The summed E-state index contributed by atoms with van der Waals surface area (Å²) < 4.78 is 0. The van der Waals surface area contributed by atoms with E-state index in [2.05, 4.69) is 15.3 Å². The molecular weight excluding hydrogens is 198 g/mol. The molecule has 1 rings (SSSR count). The molecule has 0 aliphatic carbocycles. The molecule has 0 atom stereocenters. The minimum Gasteiger partial charge on any atom is -0.370 e. The molecule has 1 heterocycles. The van der Waals surface area contributed by atoms with Crippen LogP contribution < -0.4 is 16.8 Å². The van der Waals surface area contributed by atoms with Gasteiger partial charge in [0.2, 0.25) is 0 Å². The molecule has 0 aliphatic heterocycles. The lowest BCUT2D eigenvalue weighted by Crippen LogP contribution is -2.24. The van der Waals surface area contributed by atoms with E-state index in [0.29, 0.717) is 0 Å². The molecule has 0 aromatic carbocycles. The number of nitrogens with two attached hydrogens (primary N) is 2. The van der Waals surface area contributed by atoms with Crippen molar-refractivity contribution in [3.63, 3.8) is 0 Å². The van der Waals surface area contributed by atoms with Crippen LogP contribution in [-0.4, -0.2) is 29.8 Å². The fourth-order valence-corrected chi connectivity index (χ4v) is 0.964. The molecule has 0 saturated carbocycles. The summed E-state index contributed by atoms with van der Waals surface area (Å²) in [4.78, 5) is 28.3. The van der Waals surface area contributed by atoms with Crippen molar-refractivity contribution in [1.29, 1.82) is 0 Å². The van der Waals surface area contributed by atoms with Gasteiger partial charge in [-0.25, -0.2) is 0 Å². The number of aliphatic imine (C=N–C) groups is 1. The number of nitrogens with zero attached hydrogens (tertiary/aromatic N) is 1. The van der Waals surface area contributed by atoms with Gasteiger partial charge in [-0.15, -0.1) is 0 Å². The number of hydrogen-bond donors (Lipinski definition) is 4. The minimum absolute atomic E-state index is 0.155. The Labute approximate surface area is 85.5 Å². The fraction of sp³-hybridized carbons (Fsp3) is 0.125. The number of guanidine groups is 1. The molecule has 0 fully saturated rings. The predicted octanol–water partition coefficient (Wildman–Crippen LogP) is -1.21. The quantitative estimate of drug-likeness (QED) is 0.360. The van der Waals surface area contributed by atoms with E-state index in [4.69, 9.17) is 11.5 Å². The Balaban J connectivity index is 2.90. The standard InChI is InChI=1S/C8H11N5O2/c1-11-6(14)4-2-3-5(12-4)7(15)13-8(9)10/h2-3,12H,1H3,(H,11,14)(H4,9,10,13,15). The van der Waals surface area contributed by atoms with E-state index in [1.54, 1.807) is 0 Å². The van der Waals surface area contributed by atoms with Crippen LogP contribution in [0.5, 0.6) is 0 Å². The lowest BCUT2D eigenvalue weighted by atomic mass is 10.4. The number of aromatic amines is 1. The molecule has 7 nitrogen and oxygen atoms in total. The molecule has 0 spiro atoms. The molecular formula is C8H11N5O2. The number of rotatable bonds is 2. The summed E-state index contributed by atoms with van der Waals surface area (Å²) in [5.41, 5.74) is 10.5. The average molecular weight is 209 g/mol. The summed E-state index contributed by atoms with van der Waals surface area (Å²) in [6.07, 6.45) is 0. The highest BCUT2D eigenvalue weighted by molar-refractivity contribution is 6.02. The number of amides is 2. The van der Waals surface area contributed by atoms with Crippen LogP contribution in [0.4, 0.5) is 0 Å². The van der Waals surface area contributed by atoms with Gasteiger partial charge in [0.25, 0.3) is 11.8 Å². The van der Waals surface area contributed by atoms with E-state index >= 15 is 0 Å². The molecule has 0 aliphatic rings. The normalized spacial score (nSPS) is 9.40. The average Bonchev–Trinajstić information content (AvgIpc) is 2.64. The van der Waals surface area contributed by atoms with Crippen molar-refractivity contribution in [2.45, 2.75) is 0 Å². The Kier molecular flexibility index (Phi) is 3.06. The number of nitrogens with one attached hydrogen (secondary N) is 2. The first-order chi connectivity index (χ1) is 7.04. The number of carbonyl (C=O) groups is 2. The first kappa shape index (κ1) is 10.8. The second kappa shape index (κ2) is 4.27. The molecule has 0 bridgehead atoms. The first-order valence-electron chi connectivity index (χ1n) is 4.09. The van der Waals surface area contributed by atoms with Crippen molar-refractivity contribution >= 4 is 17.8 Å². The maximum Gasteiger partial charge on any atom is 0.296 e. The summed E-state index contributed by atoms with van der Waals surface area (Å²) >= 11 is 0. The lowest BCUT2D eigenvalue weighted by molar-refractivity contribution is 0.0958. The summed E-state index contributed by atoms with van der Waals surface area (Å²) in [6, 6.07) is 2.90. The number of hydrogen-bond acceptors (Lipinski definition) is 2. The zero-order valence-electron chi connectivity index (χ0n) is 8.07. The van der Waals surface area contributed by atoms with Gasteiger partial charge in [0, 0.05) is 7.05 Å². The molecule has 2 amide bonds. The molecule has 15 heavy (non-hydrogen) atoms. The van der Waals surface area contributed by atoms with Gasteiger partial charge >= 0.3 is 0 Å². The van der Waals surface area contributed by atoms with E-state index in [9.17, 15) is 9.59 Å². The molecule has 80 valence electrons. The zero-order chi connectivity index (χ0) is 11.4. The summed E-state index contributed by atoms with van der Waals surface area (Å²) in [5.74, 6) is -1.26. The van der Waals surface area contributed by atoms with Crippen LogP contribution in [0.15, 0.2) is 17.1 Å². The smallest absolute Gasteiger partial charge is 0.296 e. The predicted molar refractivity (Wildman–Crippen MR) is 54.3 cm³/mol. The summed E-state index contributed by atoms with van der Waals surface area (Å²) in [6.45, 7) is 0. The van der Waals surface area contributed by atoms with Crippen molar-refractivity contribution < 1.29 is 9.59 Å². The molecule has 1 aromatic heterocycles. The van der Waals surface area contributed by atoms with Gasteiger partial charge < -0.3 is 21.8 Å². The van der Waals surface area contributed by atoms with E-state index < -0.39 is 5.91 Å². The Morgan fingerprint density at radius 2 is 1.93 bits per heavy atom. The van der Waals surface area contributed by atoms with Crippen LogP contribution >= 0.6 is 0 Å². The maximum absolute atomic E-state index is 11.3. The van der Waals surface area contributed by atoms with E-state index in [1.807, 2.05) is 0 Å². The monoisotopic (exact) mass is 209 g/mol. The van der Waals surface area contributed by atoms with Crippen molar-refractivity contribution in [2.75, 3.05) is 7.05 Å². The third-order valence-electron chi connectivity index (χ3n) is 1.62. The van der Waals surface area contributed by atoms with Gasteiger partial charge in [0.15, 0.2) is 5.96 Å². The highest BCUT2D eigenvalue weighted by Gasteiger charge is 2.10. The molecule has 0 radical (unpaired) electrons. The van der Waals surface area contributed by atoms with Crippen LogP contribution in [0.1, 0.15) is 21.0 Å². The molecule has 0 saturated heterocycles. The van der Waals surface area contributed by atoms with Crippen molar-refractivity contribution in [1.82, 2.24) is 10.3 Å². The molecule has 6 N–H and O–H groups in total. The fourth-order valence-electron chi connectivity index (χ4n) is 0.964. The second-order valence-corrected chi connectivity index (χ2v) is 2.71. The Bertz CT molecular complexity index is 416. The van der Waals surface area contributed by atoms with Gasteiger partial charge in [-0.05, 0) is 12.1 Å². The summed E-state index contributed by atoms with van der Waals surface area (Å²) in [5, 5.41) is 2.41. The van der Waals surface area contributed by atoms with Gasteiger partial charge in [-0.2, -0.15) is 4.99 Å². The third kappa shape index (κ3) is 2.56. The van der Waals surface area contributed by atoms with Crippen LogP contribution in [0.3, 0.4) is 0 Å². The van der Waals surface area contributed by atoms with E-state index in [1.165, 1.54) is 19.2 Å². The van der Waals surface area contributed by atoms with E-state index in [-0.39, 0.29) is 23.3 Å². The van der Waals surface area contributed by atoms with Crippen LogP contribution in [-0.2, 0) is 0 Å². The third-order valence-corrected chi connectivity index (χ3v) is 1.62.